The second-order valence-corrected chi connectivity index (χ2v) is 10.3. The zero-order valence-corrected chi connectivity index (χ0v) is 22.0. The second-order valence-electron chi connectivity index (χ2n) is 9.34. The Balaban J connectivity index is 2.01. The summed E-state index contributed by atoms with van der Waals surface area (Å²) in [6.07, 6.45) is -1.15. The first-order valence-corrected chi connectivity index (χ1v) is 12.6. The normalized spacial score (nSPS) is 13.0. The summed E-state index contributed by atoms with van der Waals surface area (Å²) in [6.45, 7) is 12.9. The monoisotopic (exact) mass is 523 g/mol. The lowest BCUT2D eigenvalue weighted by Gasteiger charge is -2.19. The van der Waals surface area contributed by atoms with E-state index in [2.05, 4.69) is 9.89 Å². The van der Waals surface area contributed by atoms with E-state index in [1.807, 2.05) is 46.9 Å². The maximum Gasteiger partial charge on any atom is 0.416 e. The van der Waals surface area contributed by atoms with Crippen molar-refractivity contribution in [1.82, 2.24) is 9.47 Å². The second kappa shape index (κ2) is 11.5. The number of rotatable bonds is 9. The van der Waals surface area contributed by atoms with Gasteiger partial charge in [-0.05, 0) is 48.8 Å². The molecule has 10 heteroatoms. The molecule has 0 radical (unpaired) electrons. The molecule has 2 aromatic heterocycles. The molecule has 196 valence electrons. The van der Waals surface area contributed by atoms with Crippen LogP contribution in [0.5, 0.6) is 5.75 Å². The maximum absolute atomic E-state index is 13.4. The van der Waals surface area contributed by atoms with E-state index in [4.69, 9.17) is 9.15 Å². The van der Waals surface area contributed by atoms with E-state index >= 15 is 0 Å². The zero-order chi connectivity index (χ0) is 26.5. The lowest BCUT2D eigenvalue weighted by Crippen LogP contribution is -2.28. The van der Waals surface area contributed by atoms with Crippen molar-refractivity contribution in [2.75, 3.05) is 26.2 Å². The van der Waals surface area contributed by atoms with Crippen LogP contribution in [0, 0.1) is 0 Å². The Hall–Kier alpha value is -2.85. The van der Waals surface area contributed by atoms with E-state index in [9.17, 15) is 18.0 Å². The third-order valence-electron chi connectivity index (χ3n) is 5.66. The van der Waals surface area contributed by atoms with Crippen LogP contribution in [-0.2, 0) is 18.1 Å². The predicted octanol–water partition coefficient (Wildman–Crippen LogP) is 5.97. The van der Waals surface area contributed by atoms with Crippen molar-refractivity contribution in [3.05, 3.63) is 69.4 Å². The number of thiazole rings is 1. The van der Waals surface area contributed by atoms with Gasteiger partial charge in [-0.1, -0.05) is 34.6 Å². The van der Waals surface area contributed by atoms with Gasteiger partial charge in [0.1, 0.15) is 18.1 Å². The van der Waals surface area contributed by atoms with Crippen molar-refractivity contribution in [2.45, 2.75) is 52.8 Å². The van der Waals surface area contributed by atoms with Crippen LogP contribution < -0.4 is 9.54 Å². The molecule has 2 heterocycles. The fourth-order valence-corrected chi connectivity index (χ4v) is 4.51. The first kappa shape index (κ1) is 27.7. The minimum atomic E-state index is -4.60. The third kappa shape index (κ3) is 7.10. The fraction of sp³-hybridized carbons (Fsp3) is 0.462. The first-order chi connectivity index (χ1) is 16.9. The molecule has 0 unspecified atom stereocenters. The van der Waals surface area contributed by atoms with Crippen LogP contribution >= 0.6 is 11.3 Å². The van der Waals surface area contributed by atoms with E-state index < -0.39 is 17.6 Å². The largest absolute Gasteiger partial charge is 0.491 e. The number of hydrogen-bond donors (Lipinski definition) is 0. The number of hydrogen-bond acceptors (Lipinski definition) is 5. The molecular formula is C26H32F3N3O3S. The van der Waals surface area contributed by atoms with Gasteiger partial charge in [0.05, 0.1) is 23.9 Å². The van der Waals surface area contributed by atoms with Crippen molar-refractivity contribution in [3.63, 3.8) is 0 Å². The molecule has 0 N–H and O–H groups in total. The van der Waals surface area contributed by atoms with Crippen molar-refractivity contribution >= 4 is 17.2 Å². The van der Waals surface area contributed by atoms with Crippen molar-refractivity contribution < 1.29 is 27.1 Å². The van der Waals surface area contributed by atoms with Crippen molar-refractivity contribution in [3.8, 4) is 5.75 Å². The number of carbonyl (C=O) groups excluding carboxylic acids is 1. The Kier molecular flexibility index (Phi) is 8.84. The van der Waals surface area contributed by atoms with E-state index in [1.165, 1.54) is 17.4 Å². The highest BCUT2D eigenvalue weighted by atomic mass is 32.1. The number of amides is 1. The Morgan fingerprint density at radius 3 is 2.47 bits per heavy atom. The number of likely N-dealkylation sites (N-methyl/N-ethyl adjacent to an activating group) is 1. The van der Waals surface area contributed by atoms with Gasteiger partial charge in [0, 0.05) is 17.6 Å². The SMILES string of the molecule is CCN(CC)CCOc1ccc(C(F)(F)F)cc1C(=O)N=c1sc(C(C)(C)C)cn1Cc1ccco1. The Labute approximate surface area is 213 Å². The highest BCUT2D eigenvalue weighted by Gasteiger charge is 2.32. The molecular weight excluding hydrogens is 491 g/mol. The van der Waals surface area contributed by atoms with Crippen LogP contribution in [0.1, 0.15) is 61.2 Å². The predicted molar refractivity (Wildman–Crippen MR) is 133 cm³/mol. The molecule has 0 bridgehead atoms. The maximum atomic E-state index is 13.4. The first-order valence-electron chi connectivity index (χ1n) is 11.8. The van der Waals surface area contributed by atoms with Gasteiger partial charge in [-0.3, -0.25) is 4.79 Å². The molecule has 1 aromatic carbocycles. The third-order valence-corrected chi connectivity index (χ3v) is 7.11. The molecule has 0 spiro atoms. The molecule has 0 saturated heterocycles. The lowest BCUT2D eigenvalue weighted by atomic mass is 9.95. The van der Waals surface area contributed by atoms with Crippen LogP contribution in [0.15, 0.2) is 52.2 Å². The van der Waals surface area contributed by atoms with Gasteiger partial charge in [0.2, 0.25) is 0 Å². The van der Waals surface area contributed by atoms with Crippen molar-refractivity contribution in [1.29, 1.82) is 0 Å². The summed E-state index contributed by atoms with van der Waals surface area (Å²) in [4.78, 5) is 21.0. The average Bonchev–Trinajstić information content (AvgIpc) is 3.46. The van der Waals surface area contributed by atoms with E-state index in [0.29, 0.717) is 23.7 Å². The molecule has 0 fully saturated rings. The van der Waals surface area contributed by atoms with Gasteiger partial charge in [0.15, 0.2) is 4.80 Å². The molecule has 3 aromatic rings. The summed E-state index contributed by atoms with van der Waals surface area (Å²) in [6, 6.07) is 6.50. The lowest BCUT2D eigenvalue weighted by molar-refractivity contribution is -0.137. The topological polar surface area (TPSA) is 60.0 Å². The number of furan rings is 1. The molecule has 0 atom stereocenters. The fourth-order valence-electron chi connectivity index (χ4n) is 3.47. The summed E-state index contributed by atoms with van der Waals surface area (Å²) in [5, 5.41) is 0. The summed E-state index contributed by atoms with van der Waals surface area (Å²) in [5.41, 5.74) is -1.36. The van der Waals surface area contributed by atoms with Crippen LogP contribution in [0.3, 0.4) is 0 Å². The number of carbonyl (C=O) groups is 1. The number of aromatic nitrogens is 1. The van der Waals surface area contributed by atoms with Gasteiger partial charge < -0.3 is 18.6 Å². The van der Waals surface area contributed by atoms with Crippen LogP contribution in [0.25, 0.3) is 0 Å². The van der Waals surface area contributed by atoms with Crippen LogP contribution in [-0.4, -0.2) is 41.6 Å². The minimum Gasteiger partial charge on any atom is -0.491 e. The quantitative estimate of drug-likeness (QED) is 0.347. The van der Waals surface area contributed by atoms with Gasteiger partial charge in [-0.15, -0.1) is 11.3 Å². The molecule has 3 rings (SSSR count). The average molecular weight is 524 g/mol. The number of nitrogens with zero attached hydrogens (tertiary/aromatic N) is 3. The van der Waals surface area contributed by atoms with Gasteiger partial charge >= 0.3 is 6.18 Å². The standard InChI is InChI=1S/C26H32F3N3O3S/c1-6-31(7-2)12-14-35-21-11-10-18(26(27,28)29)15-20(21)23(33)30-24-32(16-19-9-8-13-34-19)17-22(36-24)25(3,4)5/h8-11,13,15,17H,6-7,12,14,16H2,1-5H3. The summed E-state index contributed by atoms with van der Waals surface area (Å²) >= 11 is 1.32. The summed E-state index contributed by atoms with van der Waals surface area (Å²) < 4.78 is 53.3. The van der Waals surface area contributed by atoms with E-state index in [1.54, 1.807) is 16.9 Å². The number of ether oxygens (including phenoxy) is 1. The summed E-state index contributed by atoms with van der Waals surface area (Å²) in [7, 11) is 0. The summed E-state index contributed by atoms with van der Waals surface area (Å²) in [5.74, 6) is -0.0508. The molecule has 1 amide bonds. The zero-order valence-electron chi connectivity index (χ0n) is 21.2. The van der Waals surface area contributed by atoms with Gasteiger partial charge in [-0.2, -0.15) is 18.2 Å². The van der Waals surface area contributed by atoms with Gasteiger partial charge in [-0.25, -0.2) is 0 Å². The molecule has 6 nitrogen and oxygen atoms in total. The minimum absolute atomic E-state index is 0.0779. The van der Waals surface area contributed by atoms with Crippen LogP contribution in [0.2, 0.25) is 0 Å². The molecule has 0 aliphatic heterocycles. The van der Waals surface area contributed by atoms with E-state index in [0.717, 1.165) is 30.1 Å². The molecule has 0 aliphatic rings. The molecule has 0 aliphatic carbocycles. The van der Waals surface area contributed by atoms with Gasteiger partial charge in [0.25, 0.3) is 5.91 Å². The highest BCUT2D eigenvalue weighted by molar-refractivity contribution is 7.09. The Morgan fingerprint density at radius 1 is 1.17 bits per heavy atom. The van der Waals surface area contributed by atoms with E-state index in [-0.39, 0.29) is 23.3 Å². The Bertz CT molecular complexity index is 1220. The number of alkyl halides is 3. The van der Waals surface area contributed by atoms with Crippen molar-refractivity contribution in [2.24, 2.45) is 4.99 Å². The number of halogens is 3. The highest BCUT2D eigenvalue weighted by Crippen LogP contribution is 2.33. The van der Waals surface area contributed by atoms with Crippen LogP contribution in [0.4, 0.5) is 13.2 Å². The Morgan fingerprint density at radius 2 is 1.89 bits per heavy atom. The molecule has 36 heavy (non-hydrogen) atoms. The molecule has 0 saturated carbocycles. The number of benzene rings is 1. The smallest absolute Gasteiger partial charge is 0.416 e.